The van der Waals surface area contributed by atoms with E-state index in [0.29, 0.717) is 16.9 Å². The quantitative estimate of drug-likeness (QED) is 0.734. The fourth-order valence-electron chi connectivity index (χ4n) is 2.62. The Labute approximate surface area is 133 Å². The molecule has 0 aliphatic heterocycles. The van der Waals surface area contributed by atoms with Crippen LogP contribution in [0.5, 0.6) is 0 Å². The van der Waals surface area contributed by atoms with Gasteiger partial charge in [-0.15, -0.1) is 11.6 Å². The molecule has 0 unspecified atom stereocenters. The fourth-order valence-corrected chi connectivity index (χ4v) is 5.09. The van der Waals surface area contributed by atoms with Crippen molar-refractivity contribution in [1.82, 2.24) is 9.29 Å². The molecule has 1 heterocycles. The third-order valence-electron chi connectivity index (χ3n) is 3.57. The van der Waals surface area contributed by atoms with E-state index < -0.39 is 10.0 Å². The predicted molar refractivity (Wildman–Crippen MR) is 83.4 cm³/mol. The lowest BCUT2D eigenvalue weighted by Crippen LogP contribution is -2.42. The van der Waals surface area contributed by atoms with Crippen molar-refractivity contribution in [1.29, 1.82) is 0 Å². The molecule has 112 valence electrons. The lowest BCUT2D eigenvalue weighted by Gasteiger charge is -2.32. The van der Waals surface area contributed by atoms with Crippen molar-refractivity contribution in [3.05, 3.63) is 22.9 Å². The van der Waals surface area contributed by atoms with Crippen LogP contribution in [0.3, 0.4) is 0 Å². The summed E-state index contributed by atoms with van der Waals surface area (Å²) >= 11 is 9.08. The molecule has 1 saturated carbocycles. The number of aromatic nitrogens is 1. The third-order valence-corrected chi connectivity index (χ3v) is 6.09. The number of pyridine rings is 1. The first-order valence-electron chi connectivity index (χ1n) is 6.74. The van der Waals surface area contributed by atoms with Gasteiger partial charge in [0.05, 0.1) is 0 Å². The highest BCUT2D eigenvalue weighted by molar-refractivity contribution is 9.10. The highest BCUT2D eigenvalue weighted by Crippen LogP contribution is 2.28. The van der Waals surface area contributed by atoms with Crippen molar-refractivity contribution in [2.24, 2.45) is 0 Å². The summed E-state index contributed by atoms with van der Waals surface area (Å²) in [7, 11) is -3.53. The zero-order chi connectivity index (χ0) is 14.6. The van der Waals surface area contributed by atoms with Gasteiger partial charge in [0.15, 0.2) is 0 Å². The molecule has 1 aliphatic carbocycles. The minimum atomic E-state index is -3.53. The van der Waals surface area contributed by atoms with Gasteiger partial charge in [0.1, 0.15) is 4.90 Å². The summed E-state index contributed by atoms with van der Waals surface area (Å²) in [6.07, 6.45) is 8.14. The van der Waals surface area contributed by atoms with Crippen LogP contribution in [0.25, 0.3) is 0 Å². The van der Waals surface area contributed by atoms with Gasteiger partial charge in [-0.1, -0.05) is 19.3 Å². The molecule has 2 rings (SSSR count). The fraction of sp³-hybridized carbons (Fsp3) is 0.615. The van der Waals surface area contributed by atoms with E-state index in [1.54, 1.807) is 16.6 Å². The van der Waals surface area contributed by atoms with Crippen LogP contribution in [0.2, 0.25) is 0 Å². The molecule has 0 amide bonds. The number of hydrogen-bond donors (Lipinski definition) is 0. The highest BCUT2D eigenvalue weighted by Gasteiger charge is 2.32. The maximum absolute atomic E-state index is 12.8. The molecule has 20 heavy (non-hydrogen) atoms. The van der Waals surface area contributed by atoms with Crippen LogP contribution in [-0.2, 0) is 10.0 Å². The van der Waals surface area contributed by atoms with Crippen molar-refractivity contribution >= 4 is 37.6 Å². The van der Waals surface area contributed by atoms with Crippen LogP contribution < -0.4 is 0 Å². The maximum atomic E-state index is 12.8. The second-order valence-electron chi connectivity index (χ2n) is 4.94. The monoisotopic (exact) mass is 380 g/mol. The Kier molecular flexibility index (Phi) is 5.84. The molecule has 0 N–H and O–H groups in total. The molecular weight excluding hydrogens is 364 g/mol. The van der Waals surface area contributed by atoms with Gasteiger partial charge < -0.3 is 0 Å². The summed E-state index contributed by atoms with van der Waals surface area (Å²) in [5, 5.41) is 0. The van der Waals surface area contributed by atoms with Crippen LogP contribution in [-0.4, -0.2) is 36.2 Å². The van der Waals surface area contributed by atoms with Crippen molar-refractivity contribution in [3.63, 3.8) is 0 Å². The zero-order valence-electron chi connectivity index (χ0n) is 11.1. The minimum Gasteiger partial charge on any atom is -0.262 e. The Balaban J connectivity index is 2.31. The summed E-state index contributed by atoms with van der Waals surface area (Å²) in [6, 6.07) is 1.65. The summed E-state index contributed by atoms with van der Waals surface area (Å²) in [5.41, 5.74) is 0. The topological polar surface area (TPSA) is 50.3 Å². The Morgan fingerprint density at radius 1 is 1.30 bits per heavy atom. The van der Waals surface area contributed by atoms with Crippen molar-refractivity contribution in [2.45, 2.75) is 43.0 Å². The van der Waals surface area contributed by atoms with Crippen molar-refractivity contribution in [2.75, 3.05) is 12.4 Å². The lowest BCUT2D eigenvalue weighted by molar-refractivity contribution is 0.262. The molecule has 1 aromatic heterocycles. The second-order valence-corrected chi connectivity index (χ2v) is 8.12. The van der Waals surface area contributed by atoms with Gasteiger partial charge in [-0.3, -0.25) is 4.98 Å². The van der Waals surface area contributed by atoms with E-state index in [9.17, 15) is 8.42 Å². The van der Waals surface area contributed by atoms with Gasteiger partial charge in [0.2, 0.25) is 10.0 Å². The highest BCUT2D eigenvalue weighted by atomic mass is 79.9. The SMILES string of the molecule is O=S(=O)(c1cncc(Br)c1)N(CCCl)C1CCCCC1. The molecule has 0 atom stereocenters. The number of rotatable bonds is 5. The van der Waals surface area contributed by atoms with Crippen molar-refractivity contribution in [3.8, 4) is 0 Å². The normalized spacial score (nSPS) is 17.6. The predicted octanol–water partition coefficient (Wildman–Crippen LogP) is 3.41. The van der Waals surface area contributed by atoms with Gasteiger partial charge in [-0.25, -0.2) is 8.42 Å². The van der Waals surface area contributed by atoms with Crippen LogP contribution >= 0.6 is 27.5 Å². The largest absolute Gasteiger partial charge is 0.262 e. The maximum Gasteiger partial charge on any atom is 0.244 e. The molecule has 0 saturated heterocycles. The van der Waals surface area contributed by atoms with E-state index >= 15 is 0 Å². The van der Waals surface area contributed by atoms with Crippen LogP contribution in [0.4, 0.5) is 0 Å². The molecule has 7 heteroatoms. The summed E-state index contributed by atoms with van der Waals surface area (Å²) in [6.45, 7) is 0.348. The first-order chi connectivity index (χ1) is 9.55. The third kappa shape index (κ3) is 3.72. The van der Waals surface area contributed by atoms with E-state index in [0.717, 1.165) is 25.7 Å². The van der Waals surface area contributed by atoms with Crippen LogP contribution in [0.1, 0.15) is 32.1 Å². The molecule has 1 fully saturated rings. The van der Waals surface area contributed by atoms with Gasteiger partial charge in [-0.05, 0) is 34.8 Å². The molecule has 1 aliphatic rings. The molecule has 0 spiro atoms. The van der Waals surface area contributed by atoms with Gasteiger partial charge in [0, 0.05) is 35.3 Å². The van der Waals surface area contributed by atoms with Gasteiger partial charge in [0.25, 0.3) is 0 Å². The van der Waals surface area contributed by atoms with E-state index in [1.165, 1.54) is 12.6 Å². The van der Waals surface area contributed by atoms with Crippen LogP contribution in [0, 0.1) is 0 Å². The number of halogens is 2. The Morgan fingerprint density at radius 2 is 2.00 bits per heavy atom. The first-order valence-corrected chi connectivity index (χ1v) is 9.51. The zero-order valence-corrected chi connectivity index (χ0v) is 14.3. The number of nitrogens with zero attached hydrogens (tertiary/aromatic N) is 2. The molecule has 0 aromatic carbocycles. The van der Waals surface area contributed by atoms with E-state index in [1.807, 2.05) is 0 Å². The van der Waals surface area contributed by atoms with Gasteiger partial charge >= 0.3 is 0 Å². The van der Waals surface area contributed by atoms with Crippen molar-refractivity contribution < 1.29 is 8.42 Å². The Bertz CT molecular complexity index is 547. The lowest BCUT2D eigenvalue weighted by atomic mass is 9.95. The standard InChI is InChI=1S/C13H18BrClN2O2S/c14-11-8-13(10-16-9-11)20(18,19)17(7-6-15)12-4-2-1-3-5-12/h8-10,12H,1-7H2. The average molecular weight is 382 g/mol. The number of hydrogen-bond acceptors (Lipinski definition) is 3. The smallest absolute Gasteiger partial charge is 0.244 e. The molecule has 0 bridgehead atoms. The minimum absolute atomic E-state index is 0.0616. The summed E-state index contributed by atoms with van der Waals surface area (Å²) in [4.78, 5) is 4.18. The molecule has 1 aromatic rings. The first kappa shape index (κ1) is 16.2. The van der Waals surface area contributed by atoms with Crippen LogP contribution in [0.15, 0.2) is 27.8 Å². The number of sulfonamides is 1. The van der Waals surface area contributed by atoms with E-state index in [2.05, 4.69) is 20.9 Å². The average Bonchev–Trinajstić information content (AvgIpc) is 2.45. The molecule has 4 nitrogen and oxygen atoms in total. The van der Waals surface area contributed by atoms with E-state index in [4.69, 9.17) is 11.6 Å². The Hall–Kier alpha value is -0.170. The summed E-state index contributed by atoms with van der Waals surface area (Å²) < 4.78 is 27.8. The van der Waals surface area contributed by atoms with Gasteiger partial charge in [-0.2, -0.15) is 4.31 Å². The molecule has 0 radical (unpaired) electrons. The second kappa shape index (κ2) is 7.20. The summed E-state index contributed by atoms with van der Waals surface area (Å²) in [5.74, 6) is 0.303. The molecular formula is C13H18BrClN2O2S. The number of alkyl halides is 1. The van der Waals surface area contributed by atoms with E-state index in [-0.39, 0.29) is 10.9 Å². The Morgan fingerprint density at radius 3 is 2.60 bits per heavy atom.